The summed E-state index contributed by atoms with van der Waals surface area (Å²) in [6, 6.07) is 0. The second-order valence-electron chi connectivity index (χ2n) is 5.05. The summed E-state index contributed by atoms with van der Waals surface area (Å²) in [5.74, 6) is 1.12. The van der Waals surface area contributed by atoms with E-state index in [1.165, 1.54) is 6.33 Å². The number of carbonyl (C=O) groups excluding carboxylic acids is 1. The van der Waals surface area contributed by atoms with E-state index in [2.05, 4.69) is 22.1 Å². The van der Waals surface area contributed by atoms with Crippen molar-refractivity contribution in [2.45, 2.75) is 26.3 Å². The molecule has 0 spiro atoms. The summed E-state index contributed by atoms with van der Waals surface area (Å²) in [6.07, 6.45) is 2.90. The molecule has 1 aliphatic rings. The van der Waals surface area contributed by atoms with Crippen LogP contribution in [-0.2, 0) is 11.3 Å². The van der Waals surface area contributed by atoms with E-state index in [0.29, 0.717) is 23.3 Å². The predicted octanol–water partition coefficient (Wildman–Crippen LogP) is 0.466. The Labute approximate surface area is 111 Å². The van der Waals surface area contributed by atoms with Crippen molar-refractivity contribution in [3.8, 4) is 0 Å². The number of nitrogens with one attached hydrogen (secondary N) is 1. The fraction of sp³-hybridized carbons (Fsp3) is 0.636. The number of nitrogens with two attached hydrogens (primary N) is 1. The molecule has 0 radical (unpaired) electrons. The second-order valence-corrected chi connectivity index (χ2v) is 5.49. The van der Waals surface area contributed by atoms with Crippen LogP contribution in [0.15, 0.2) is 6.33 Å². The highest BCUT2D eigenvalue weighted by Crippen LogP contribution is 2.47. The molecule has 1 heterocycles. The topological polar surface area (TPSA) is 87.9 Å². The molecular formula is C11H17N5OS. The Morgan fingerprint density at radius 1 is 1.72 bits per heavy atom. The maximum absolute atomic E-state index is 12.5. The average Bonchev–Trinajstić information content (AvgIpc) is 2.75. The van der Waals surface area contributed by atoms with Crippen LogP contribution in [0.25, 0.3) is 0 Å². The summed E-state index contributed by atoms with van der Waals surface area (Å²) < 4.78 is 0. The molecule has 18 heavy (non-hydrogen) atoms. The highest BCUT2D eigenvalue weighted by Gasteiger charge is 2.51. The van der Waals surface area contributed by atoms with Crippen molar-refractivity contribution in [3.63, 3.8) is 0 Å². The van der Waals surface area contributed by atoms with Gasteiger partial charge in [-0.1, -0.05) is 19.1 Å². The third kappa shape index (κ3) is 2.10. The Bertz CT molecular complexity index is 452. The van der Waals surface area contributed by atoms with Gasteiger partial charge in [0.05, 0.1) is 16.9 Å². The molecule has 0 atom stereocenters. The summed E-state index contributed by atoms with van der Waals surface area (Å²) in [4.78, 5) is 18.4. The van der Waals surface area contributed by atoms with E-state index in [9.17, 15) is 4.79 Å². The zero-order valence-corrected chi connectivity index (χ0v) is 11.3. The van der Waals surface area contributed by atoms with Gasteiger partial charge in [0.1, 0.15) is 12.2 Å². The number of aromatic nitrogens is 3. The van der Waals surface area contributed by atoms with Gasteiger partial charge in [0.15, 0.2) is 0 Å². The zero-order valence-electron chi connectivity index (χ0n) is 10.5. The van der Waals surface area contributed by atoms with Crippen molar-refractivity contribution < 1.29 is 4.79 Å². The SMILES string of the molecule is CC1CC(C(=O)N(C)Cc2ncn[nH]2)(C(N)=S)C1. The first kappa shape index (κ1) is 12.9. The monoisotopic (exact) mass is 267 g/mol. The molecule has 98 valence electrons. The minimum atomic E-state index is -0.649. The lowest BCUT2D eigenvalue weighted by molar-refractivity contribution is -0.143. The predicted molar refractivity (Wildman–Crippen MR) is 70.5 cm³/mol. The molecule has 1 amide bonds. The maximum atomic E-state index is 12.5. The van der Waals surface area contributed by atoms with Crippen molar-refractivity contribution in [1.29, 1.82) is 0 Å². The number of rotatable bonds is 4. The number of nitrogens with zero attached hydrogens (tertiary/aromatic N) is 3. The van der Waals surface area contributed by atoms with E-state index < -0.39 is 5.41 Å². The Morgan fingerprint density at radius 2 is 2.39 bits per heavy atom. The number of carbonyl (C=O) groups is 1. The van der Waals surface area contributed by atoms with Crippen LogP contribution in [-0.4, -0.2) is 38.0 Å². The number of aromatic amines is 1. The van der Waals surface area contributed by atoms with Crippen LogP contribution in [0.5, 0.6) is 0 Å². The Morgan fingerprint density at radius 3 is 2.83 bits per heavy atom. The van der Waals surface area contributed by atoms with Gasteiger partial charge in [-0.05, 0) is 18.8 Å². The molecule has 6 nitrogen and oxygen atoms in total. The summed E-state index contributed by atoms with van der Waals surface area (Å²) in [7, 11) is 1.73. The standard InChI is InChI=1S/C11H17N5OS/c1-7-3-11(4-7,9(12)18)10(17)16(2)5-8-13-6-14-15-8/h6-7H,3-5H2,1-2H3,(H2,12,18)(H,13,14,15). The van der Waals surface area contributed by atoms with Crippen LogP contribution in [0.1, 0.15) is 25.6 Å². The van der Waals surface area contributed by atoms with Crippen LogP contribution >= 0.6 is 12.2 Å². The van der Waals surface area contributed by atoms with E-state index in [0.717, 1.165) is 12.8 Å². The smallest absolute Gasteiger partial charge is 0.235 e. The lowest BCUT2D eigenvalue weighted by Crippen LogP contribution is -2.56. The van der Waals surface area contributed by atoms with Gasteiger partial charge in [0, 0.05) is 7.05 Å². The van der Waals surface area contributed by atoms with Crippen molar-refractivity contribution in [3.05, 3.63) is 12.2 Å². The fourth-order valence-corrected chi connectivity index (χ4v) is 2.83. The molecule has 0 saturated heterocycles. The molecule has 1 saturated carbocycles. The van der Waals surface area contributed by atoms with Gasteiger partial charge < -0.3 is 10.6 Å². The number of hydrogen-bond donors (Lipinski definition) is 2. The Balaban J connectivity index is 2.08. The Kier molecular flexibility index (Phi) is 3.34. The largest absolute Gasteiger partial charge is 0.392 e. The van der Waals surface area contributed by atoms with Gasteiger partial charge in [-0.2, -0.15) is 5.10 Å². The van der Waals surface area contributed by atoms with Gasteiger partial charge in [0.25, 0.3) is 0 Å². The fourth-order valence-electron chi connectivity index (χ4n) is 2.58. The van der Waals surface area contributed by atoms with Gasteiger partial charge >= 0.3 is 0 Å². The second kappa shape index (κ2) is 4.64. The molecular weight excluding hydrogens is 250 g/mol. The average molecular weight is 267 g/mol. The maximum Gasteiger partial charge on any atom is 0.235 e. The molecule has 0 aliphatic heterocycles. The van der Waals surface area contributed by atoms with E-state index in [4.69, 9.17) is 18.0 Å². The molecule has 1 aliphatic carbocycles. The van der Waals surface area contributed by atoms with E-state index in [1.54, 1.807) is 11.9 Å². The lowest BCUT2D eigenvalue weighted by Gasteiger charge is -2.45. The lowest BCUT2D eigenvalue weighted by atomic mass is 9.61. The van der Waals surface area contributed by atoms with Crippen LogP contribution in [0, 0.1) is 11.3 Å². The number of thiocarbonyl (C=S) groups is 1. The van der Waals surface area contributed by atoms with Crippen molar-refractivity contribution in [2.75, 3.05) is 7.05 Å². The third-order valence-corrected chi connectivity index (χ3v) is 3.86. The first-order chi connectivity index (χ1) is 8.45. The van der Waals surface area contributed by atoms with Crippen molar-refractivity contribution >= 4 is 23.1 Å². The molecule has 1 aromatic heterocycles. The van der Waals surface area contributed by atoms with E-state index in [1.807, 2.05) is 0 Å². The first-order valence-electron chi connectivity index (χ1n) is 5.85. The third-order valence-electron chi connectivity index (χ3n) is 3.47. The Hall–Kier alpha value is -1.50. The number of amides is 1. The summed E-state index contributed by atoms with van der Waals surface area (Å²) >= 11 is 5.07. The van der Waals surface area contributed by atoms with Crippen LogP contribution in [0.2, 0.25) is 0 Å². The number of hydrogen-bond acceptors (Lipinski definition) is 4. The molecule has 7 heteroatoms. The van der Waals surface area contributed by atoms with Gasteiger partial charge in [0.2, 0.25) is 5.91 Å². The van der Waals surface area contributed by atoms with Gasteiger partial charge in [-0.25, -0.2) is 4.98 Å². The molecule has 3 N–H and O–H groups in total. The van der Waals surface area contributed by atoms with Crippen LogP contribution in [0.4, 0.5) is 0 Å². The van der Waals surface area contributed by atoms with Crippen LogP contribution in [0.3, 0.4) is 0 Å². The molecule has 0 aromatic carbocycles. The summed E-state index contributed by atoms with van der Waals surface area (Å²) in [6.45, 7) is 2.48. The van der Waals surface area contributed by atoms with Gasteiger partial charge in [-0.15, -0.1) is 0 Å². The van der Waals surface area contributed by atoms with E-state index in [-0.39, 0.29) is 5.91 Å². The number of H-pyrrole nitrogens is 1. The molecule has 0 bridgehead atoms. The zero-order chi connectivity index (χ0) is 13.3. The van der Waals surface area contributed by atoms with Crippen molar-refractivity contribution in [2.24, 2.45) is 17.1 Å². The minimum absolute atomic E-state index is 0.0236. The van der Waals surface area contributed by atoms with Crippen LogP contribution < -0.4 is 5.73 Å². The minimum Gasteiger partial charge on any atom is -0.392 e. The summed E-state index contributed by atoms with van der Waals surface area (Å²) in [5.41, 5.74) is 5.11. The molecule has 1 aromatic rings. The van der Waals surface area contributed by atoms with Gasteiger partial charge in [-0.3, -0.25) is 9.89 Å². The molecule has 2 rings (SSSR count). The highest BCUT2D eigenvalue weighted by molar-refractivity contribution is 7.80. The van der Waals surface area contributed by atoms with E-state index >= 15 is 0 Å². The normalized spacial score (nSPS) is 26.4. The van der Waals surface area contributed by atoms with Crippen molar-refractivity contribution in [1.82, 2.24) is 20.1 Å². The molecule has 1 fully saturated rings. The highest BCUT2D eigenvalue weighted by atomic mass is 32.1. The first-order valence-corrected chi connectivity index (χ1v) is 6.26. The molecule has 0 unspecified atom stereocenters. The quantitative estimate of drug-likeness (QED) is 0.774. The summed E-state index contributed by atoms with van der Waals surface area (Å²) in [5, 5.41) is 6.48.